The number of carbonyl (C=O) groups is 1. The van der Waals surface area contributed by atoms with Crippen LogP contribution in [-0.4, -0.2) is 42.0 Å². The monoisotopic (exact) mass is 327 g/mol. The van der Waals surface area contributed by atoms with E-state index in [4.69, 9.17) is 0 Å². The molecule has 0 spiro atoms. The first-order chi connectivity index (χ1) is 11.5. The number of pyridine rings is 1. The maximum absolute atomic E-state index is 12.4. The molecule has 1 aromatic heterocycles. The number of aromatic amines is 1. The van der Waals surface area contributed by atoms with Crippen molar-refractivity contribution < 1.29 is 4.79 Å². The highest BCUT2D eigenvalue weighted by Crippen LogP contribution is 2.20. The lowest BCUT2D eigenvalue weighted by Gasteiger charge is -2.34. The average Bonchev–Trinajstić information content (AvgIpc) is 2.54. The van der Waals surface area contributed by atoms with Crippen LogP contribution in [0.1, 0.15) is 30.6 Å². The van der Waals surface area contributed by atoms with Crippen molar-refractivity contribution in [3.63, 3.8) is 0 Å². The number of nitrogens with one attached hydrogen (secondary N) is 2. The van der Waals surface area contributed by atoms with Gasteiger partial charge in [0.2, 0.25) is 5.43 Å². The number of hydrogen-bond acceptors (Lipinski definition) is 3. The summed E-state index contributed by atoms with van der Waals surface area (Å²) >= 11 is 0. The fourth-order valence-electron chi connectivity index (χ4n) is 3.73. The molecule has 1 fully saturated rings. The van der Waals surface area contributed by atoms with Gasteiger partial charge in [-0.2, -0.15) is 0 Å². The smallest absolute Gasteiger partial charge is 0.256 e. The molecule has 2 unspecified atom stereocenters. The third-order valence-corrected chi connectivity index (χ3v) is 4.69. The Labute approximate surface area is 142 Å². The summed E-state index contributed by atoms with van der Waals surface area (Å²) in [7, 11) is 0. The second-order valence-corrected chi connectivity index (χ2v) is 7.04. The molecule has 0 saturated carbocycles. The van der Waals surface area contributed by atoms with Crippen LogP contribution in [0.2, 0.25) is 0 Å². The van der Waals surface area contributed by atoms with Gasteiger partial charge >= 0.3 is 0 Å². The lowest BCUT2D eigenvalue weighted by atomic mass is 9.92. The maximum atomic E-state index is 12.4. The van der Waals surface area contributed by atoms with Gasteiger partial charge in [-0.3, -0.25) is 9.59 Å². The number of para-hydroxylation sites is 1. The van der Waals surface area contributed by atoms with E-state index >= 15 is 0 Å². The molecule has 0 radical (unpaired) electrons. The highest BCUT2D eigenvalue weighted by molar-refractivity contribution is 5.97. The van der Waals surface area contributed by atoms with Gasteiger partial charge in [0.15, 0.2) is 0 Å². The van der Waals surface area contributed by atoms with Crippen LogP contribution >= 0.6 is 0 Å². The predicted molar refractivity (Wildman–Crippen MR) is 96.3 cm³/mol. The number of H-pyrrole nitrogens is 1. The molecule has 1 amide bonds. The van der Waals surface area contributed by atoms with Gasteiger partial charge in [0.1, 0.15) is 5.56 Å². The van der Waals surface area contributed by atoms with E-state index in [1.54, 1.807) is 12.1 Å². The minimum atomic E-state index is -0.305. The lowest BCUT2D eigenvalue weighted by molar-refractivity contribution is 0.0935. The molecule has 2 aromatic rings. The van der Waals surface area contributed by atoms with Crippen molar-refractivity contribution in [1.82, 2.24) is 15.2 Å². The molecule has 2 heterocycles. The first-order valence-corrected chi connectivity index (χ1v) is 8.65. The van der Waals surface area contributed by atoms with Gasteiger partial charge in [0.05, 0.1) is 0 Å². The molecule has 0 bridgehead atoms. The van der Waals surface area contributed by atoms with E-state index in [2.05, 4.69) is 29.0 Å². The molecule has 2 N–H and O–H groups in total. The Hall–Kier alpha value is -2.14. The van der Waals surface area contributed by atoms with Crippen molar-refractivity contribution in [2.24, 2.45) is 11.8 Å². The topological polar surface area (TPSA) is 65.2 Å². The van der Waals surface area contributed by atoms with Crippen LogP contribution in [0.5, 0.6) is 0 Å². The normalized spacial score (nSPS) is 21.8. The van der Waals surface area contributed by atoms with Crippen LogP contribution in [0.15, 0.2) is 35.3 Å². The molecule has 128 valence electrons. The minimum absolute atomic E-state index is 0.175. The van der Waals surface area contributed by atoms with Gasteiger partial charge < -0.3 is 15.2 Å². The van der Waals surface area contributed by atoms with E-state index < -0.39 is 0 Å². The van der Waals surface area contributed by atoms with Crippen LogP contribution in [-0.2, 0) is 0 Å². The van der Waals surface area contributed by atoms with Crippen molar-refractivity contribution in [1.29, 1.82) is 0 Å². The largest absolute Gasteiger partial charge is 0.360 e. The van der Waals surface area contributed by atoms with Crippen LogP contribution in [0, 0.1) is 11.8 Å². The zero-order valence-corrected chi connectivity index (χ0v) is 14.3. The molecule has 3 rings (SSSR count). The zero-order chi connectivity index (χ0) is 17.1. The predicted octanol–water partition coefficient (Wildman–Crippen LogP) is 2.24. The van der Waals surface area contributed by atoms with E-state index in [1.165, 1.54) is 12.6 Å². The summed E-state index contributed by atoms with van der Waals surface area (Å²) in [4.78, 5) is 30.2. The van der Waals surface area contributed by atoms with Crippen LogP contribution < -0.4 is 10.7 Å². The number of nitrogens with zero attached hydrogens (tertiary/aromatic N) is 1. The molecule has 2 atom stereocenters. The number of rotatable bonds is 4. The first kappa shape index (κ1) is 16.7. The molecule has 1 aliphatic rings. The molecule has 1 aliphatic heterocycles. The number of fused-ring (bicyclic) bond motifs is 1. The third kappa shape index (κ3) is 3.67. The van der Waals surface area contributed by atoms with Crippen molar-refractivity contribution >= 4 is 16.8 Å². The van der Waals surface area contributed by atoms with Gasteiger partial charge in [-0.1, -0.05) is 26.0 Å². The van der Waals surface area contributed by atoms with Crippen LogP contribution in [0.4, 0.5) is 0 Å². The van der Waals surface area contributed by atoms with Crippen molar-refractivity contribution in [2.75, 3.05) is 26.2 Å². The van der Waals surface area contributed by atoms with Gasteiger partial charge in [0.25, 0.3) is 5.91 Å². The van der Waals surface area contributed by atoms with Gasteiger partial charge in [0, 0.05) is 43.3 Å². The first-order valence-electron chi connectivity index (χ1n) is 8.65. The Morgan fingerprint density at radius 2 is 1.96 bits per heavy atom. The summed E-state index contributed by atoms with van der Waals surface area (Å²) in [5.74, 6) is 1.10. The Kier molecular flexibility index (Phi) is 5.00. The average molecular weight is 327 g/mol. The summed E-state index contributed by atoms with van der Waals surface area (Å²) in [6, 6.07) is 7.23. The SMILES string of the molecule is CC1CC(C)CN(CCNC(=O)c2c[nH]c3ccccc3c2=O)C1. The maximum Gasteiger partial charge on any atom is 0.256 e. The highest BCUT2D eigenvalue weighted by atomic mass is 16.2. The van der Waals surface area contributed by atoms with E-state index in [0.717, 1.165) is 25.2 Å². The number of likely N-dealkylation sites (tertiary alicyclic amines) is 1. The fourth-order valence-corrected chi connectivity index (χ4v) is 3.73. The fraction of sp³-hybridized carbons (Fsp3) is 0.474. The quantitative estimate of drug-likeness (QED) is 0.905. The summed E-state index contributed by atoms with van der Waals surface area (Å²) in [5, 5.41) is 3.43. The summed E-state index contributed by atoms with van der Waals surface area (Å²) in [5.41, 5.74) is 0.700. The van der Waals surface area contributed by atoms with Crippen molar-refractivity contribution in [3.05, 3.63) is 46.2 Å². The second-order valence-electron chi connectivity index (χ2n) is 7.04. The molecule has 5 nitrogen and oxygen atoms in total. The molecule has 1 aromatic carbocycles. The number of amides is 1. The van der Waals surface area contributed by atoms with E-state index in [1.807, 2.05) is 12.1 Å². The highest BCUT2D eigenvalue weighted by Gasteiger charge is 2.21. The lowest BCUT2D eigenvalue weighted by Crippen LogP contribution is -2.43. The summed E-state index contributed by atoms with van der Waals surface area (Å²) < 4.78 is 0. The summed E-state index contributed by atoms with van der Waals surface area (Å²) in [6.07, 6.45) is 2.78. The molecule has 5 heteroatoms. The van der Waals surface area contributed by atoms with Crippen molar-refractivity contribution in [3.8, 4) is 0 Å². The van der Waals surface area contributed by atoms with Gasteiger partial charge in [-0.15, -0.1) is 0 Å². The number of piperidine rings is 1. The minimum Gasteiger partial charge on any atom is -0.360 e. The molecule has 0 aliphatic carbocycles. The van der Waals surface area contributed by atoms with E-state index in [9.17, 15) is 9.59 Å². The summed E-state index contributed by atoms with van der Waals surface area (Å²) in [6.45, 7) is 8.09. The standard InChI is InChI=1S/C19H25N3O2/c1-13-9-14(2)12-22(11-13)8-7-20-19(24)16-10-21-17-6-4-3-5-15(17)18(16)23/h3-6,10,13-14H,7-9,11-12H2,1-2H3,(H,20,24)(H,21,23). The molecular formula is C19H25N3O2. The molecular weight excluding hydrogens is 302 g/mol. The number of aromatic nitrogens is 1. The molecule has 1 saturated heterocycles. The third-order valence-electron chi connectivity index (χ3n) is 4.69. The number of benzene rings is 1. The van der Waals surface area contributed by atoms with E-state index in [-0.39, 0.29) is 16.9 Å². The van der Waals surface area contributed by atoms with E-state index in [0.29, 0.717) is 23.8 Å². The van der Waals surface area contributed by atoms with Gasteiger partial charge in [-0.25, -0.2) is 0 Å². The Bertz CT molecular complexity index is 774. The number of carbonyl (C=O) groups excluding carboxylic acids is 1. The van der Waals surface area contributed by atoms with Crippen molar-refractivity contribution in [2.45, 2.75) is 20.3 Å². The Morgan fingerprint density at radius 3 is 2.71 bits per heavy atom. The Balaban J connectivity index is 1.61. The Morgan fingerprint density at radius 1 is 1.25 bits per heavy atom. The van der Waals surface area contributed by atoms with Crippen LogP contribution in [0.3, 0.4) is 0 Å². The van der Waals surface area contributed by atoms with Gasteiger partial charge in [-0.05, 0) is 30.4 Å². The number of hydrogen-bond donors (Lipinski definition) is 2. The zero-order valence-electron chi connectivity index (χ0n) is 14.3. The van der Waals surface area contributed by atoms with Crippen LogP contribution in [0.25, 0.3) is 10.9 Å². The second kappa shape index (κ2) is 7.18. The molecule has 24 heavy (non-hydrogen) atoms.